The minimum atomic E-state index is -0.246. The van der Waals surface area contributed by atoms with Crippen LogP contribution in [0.4, 0.5) is 0 Å². The van der Waals surface area contributed by atoms with Crippen LogP contribution in [0.1, 0.15) is 29.5 Å². The van der Waals surface area contributed by atoms with Gasteiger partial charge < -0.3 is 9.47 Å². The van der Waals surface area contributed by atoms with E-state index in [-0.39, 0.29) is 11.7 Å². The average Bonchev–Trinajstić information content (AvgIpc) is 2.74. The minimum absolute atomic E-state index is 0.0366. The number of Topliss-reactive ketones (excluding diaryl/α,β-unsaturated/α-hetero) is 1. The molecule has 5 nitrogen and oxygen atoms in total. The Kier molecular flexibility index (Phi) is 3.81. The van der Waals surface area contributed by atoms with Gasteiger partial charge in [-0.3, -0.25) is 9.48 Å². The predicted molar refractivity (Wildman–Crippen MR) is 66.1 cm³/mol. The summed E-state index contributed by atoms with van der Waals surface area (Å²) in [4.78, 5) is 12.3. The Hall–Kier alpha value is -1.62. The number of aryl methyl sites for hydroxylation is 1. The van der Waals surface area contributed by atoms with E-state index in [2.05, 4.69) is 11.7 Å². The molecule has 0 fully saturated rings. The summed E-state index contributed by atoms with van der Waals surface area (Å²) in [6, 6.07) is 1.79. The molecule has 0 aliphatic carbocycles. The van der Waals surface area contributed by atoms with Crippen LogP contribution in [-0.2, 0) is 22.6 Å². The van der Waals surface area contributed by atoms with E-state index >= 15 is 0 Å². The molecule has 1 aromatic rings. The largest absolute Gasteiger partial charge is 0.498 e. The van der Waals surface area contributed by atoms with Crippen molar-refractivity contribution in [2.24, 2.45) is 5.92 Å². The zero-order chi connectivity index (χ0) is 13.1. The molecule has 2 heterocycles. The number of ether oxygens (including phenoxy) is 2. The normalized spacial score (nSPS) is 18.6. The number of carbonyl (C=O) groups is 1. The highest BCUT2D eigenvalue weighted by molar-refractivity contribution is 5.98. The molecular formula is C13H18N2O3. The lowest BCUT2D eigenvalue weighted by molar-refractivity contribution is 0.0830. The van der Waals surface area contributed by atoms with Gasteiger partial charge in [0, 0.05) is 13.7 Å². The summed E-state index contributed by atoms with van der Waals surface area (Å²) in [7, 11) is 1.61. The summed E-state index contributed by atoms with van der Waals surface area (Å²) < 4.78 is 12.1. The Morgan fingerprint density at radius 2 is 2.44 bits per heavy atom. The van der Waals surface area contributed by atoms with Gasteiger partial charge in [-0.15, -0.1) is 0 Å². The van der Waals surface area contributed by atoms with Crippen LogP contribution in [0.25, 0.3) is 0 Å². The van der Waals surface area contributed by atoms with Gasteiger partial charge in [-0.2, -0.15) is 5.10 Å². The van der Waals surface area contributed by atoms with Crippen molar-refractivity contribution in [1.82, 2.24) is 9.78 Å². The lowest BCUT2D eigenvalue weighted by Gasteiger charge is -2.23. The number of carbonyl (C=O) groups excluding carboxylic acids is 1. The van der Waals surface area contributed by atoms with Crippen molar-refractivity contribution in [3.05, 3.63) is 29.8 Å². The molecule has 5 heteroatoms. The highest BCUT2D eigenvalue weighted by Crippen LogP contribution is 2.26. The maximum atomic E-state index is 12.3. The van der Waals surface area contributed by atoms with E-state index in [1.165, 1.54) is 0 Å². The molecule has 1 unspecified atom stereocenters. The fourth-order valence-electron chi connectivity index (χ4n) is 2.21. The molecule has 1 atom stereocenters. The van der Waals surface area contributed by atoms with Gasteiger partial charge in [-0.1, -0.05) is 6.58 Å². The van der Waals surface area contributed by atoms with Crippen LogP contribution in [0, 0.1) is 5.92 Å². The molecule has 1 aliphatic heterocycles. The van der Waals surface area contributed by atoms with Gasteiger partial charge >= 0.3 is 0 Å². The second kappa shape index (κ2) is 5.35. The van der Waals surface area contributed by atoms with E-state index < -0.39 is 0 Å². The molecule has 0 aromatic carbocycles. The fourth-order valence-corrected chi connectivity index (χ4v) is 2.21. The minimum Gasteiger partial charge on any atom is -0.498 e. The summed E-state index contributed by atoms with van der Waals surface area (Å²) in [5, 5.41) is 4.33. The zero-order valence-corrected chi connectivity index (χ0v) is 10.8. The molecular weight excluding hydrogens is 232 g/mol. The van der Waals surface area contributed by atoms with E-state index in [1.54, 1.807) is 17.9 Å². The third kappa shape index (κ3) is 2.31. The fraction of sp³-hybridized carbons (Fsp3) is 0.538. The number of fused-ring (bicyclic) bond motifs is 1. The van der Waals surface area contributed by atoms with Gasteiger partial charge in [0.15, 0.2) is 5.78 Å². The quantitative estimate of drug-likeness (QED) is 0.747. The predicted octanol–water partition coefficient (Wildman–Crippen LogP) is 1.78. The smallest absolute Gasteiger partial charge is 0.191 e. The first-order valence-electron chi connectivity index (χ1n) is 6.08. The molecule has 0 N–H and O–H groups in total. The SMILES string of the molecule is C=C(OCC)C1CCn2nc(COC)cc2C1=O. The van der Waals surface area contributed by atoms with Crippen LogP contribution in [0.5, 0.6) is 0 Å². The molecule has 0 amide bonds. The number of hydrogen-bond donors (Lipinski definition) is 0. The first-order valence-corrected chi connectivity index (χ1v) is 6.08. The molecule has 2 rings (SSSR count). The van der Waals surface area contributed by atoms with E-state index in [1.807, 2.05) is 6.92 Å². The Balaban J connectivity index is 2.19. The highest BCUT2D eigenvalue weighted by Gasteiger charge is 2.31. The number of rotatable bonds is 5. The van der Waals surface area contributed by atoms with Gasteiger partial charge in [0.25, 0.3) is 0 Å². The van der Waals surface area contributed by atoms with Crippen molar-refractivity contribution in [1.29, 1.82) is 0 Å². The molecule has 0 spiro atoms. The number of allylic oxidation sites excluding steroid dienone is 1. The number of ketones is 1. The number of methoxy groups -OCH3 is 1. The Bertz CT molecular complexity index is 465. The molecule has 18 heavy (non-hydrogen) atoms. The Morgan fingerprint density at radius 3 is 3.11 bits per heavy atom. The summed E-state index contributed by atoms with van der Waals surface area (Å²) in [5.74, 6) is 0.349. The van der Waals surface area contributed by atoms with Crippen LogP contribution < -0.4 is 0 Å². The van der Waals surface area contributed by atoms with Crippen LogP contribution in [-0.4, -0.2) is 29.3 Å². The number of hydrogen-bond acceptors (Lipinski definition) is 4. The van der Waals surface area contributed by atoms with Crippen molar-refractivity contribution in [2.75, 3.05) is 13.7 Å². The molecule has 0 bridgehead atoms. The topological polar surface area (TPSA) is 53.4 Å². The van der Waals surface area contributed by atoms with Crippen LogP contribution in [0.15, 0.2) is 18.4 Å². The summed E-state index contributed by atoms with van der Waals surface area (Å²) >= 11 is 0. The van der Waals surface area contributed by atoms with Crippen LogP contribution >= 0.6 is 0 Å². The second-order valence-electron chi connectivity index (χ2n) is 4.28. The average molecular weight is 250 g/mol. The summed E-state index contributed by atoms with van der Waals surface area (Å²) in [6.45, 7) is 7.39. The molecule has 0 radical (unpaired) electrons. The van der Waals surface area contributed by atoms with Crippen molar-refractivity contribution < 1.29 is 14.3 Å². The summed E-state index contributed by atoms with van der Waals surface area (Å²) in [6.07, 6.45) is 0.693. The maximum Gasteiger partial charge on any atom is 0.191 e. The Morgan fingerprint density at radius 1 is 1.67 bits per heavy atom. The zero-order valence-electron chi connectivity index (χ0n) is 10.8. The van der Waals surface area contributed by atoms with Crippen molar-refractivity contribution in [3.63, 3.8) is 0 Å². The van der Waals surface area contributed by atoms with Gasteiger partial charge in [-0.25, -0.2) is 0 Å². The van der Waals surface area contributed by atoms with Crippen molar-refractivity contribution >= 4 is 5.78 Å². The molecule has 98 valence electrons. The lowest BCUT2D eigenvalue weighted by Crippen LogP contribution is -2.28. The van der Waals surface area contributed by atoms with E-state index in [0.29, 0.717) is 37.6 Å². The molecule has 0 saturated heterocycles. The third-order valence-electron chi connectivity index (χ3n) is 3.04. The van der Waals surface area contributed by atoms with Crippen LogP contribution in [0.2, 0.25) is 0 Å². The van der Waals surface area contributed by atoms with E-state index in [4.69, 9.17) is 9.47 Å². The third-order valence-corrected chi connectivity index (χ3v) is 3.04. The Labute approximate surface area is 106 Å². The lowest BCUT2D eigenvalue weighted by atomic mass is 9.93. The van der Waals surface area contributed by atoms with Gasteiger partial charge in [0.2, 0.25) is 0 Å². The standard InChI is InChI=1S/C13H18N2O3/c1-4-18-9(2)11-5-6-15-12(13(11)16)7-10(14-15)8-17-3/h7,11H,2,4-6,8H2,1,3H3. The van der Waals surface area contributed by atoms with Gasteiger partial charge in [-0.05, 0) is 19.4 Å². The van der Waals surface area contributed by atoms with E-state index in [9.17, 15) is 4.79 Å². The van der Waals surface area contributed by atoms with Crippen molar-refractivity contribution in [3.8, 4) is 0 Å². The first-order chi connectivity index (χ1) is 8.67. The van der Waals surface area contributed by atoms with Crippen LogP contribution in [0.3, 0.4) is 0 Å². The monoisotopic (exact) mass is 250 g/mol. The maximum absolute atomic E-state index is 12.3. The molecule has 1 aromatic heterocycles. The van der Waals surface area contributed by atoms with Crippen molar-refractivity contribution in [2.45, 2.75) is 26.5 Å². The molecule has 0 saturated carbocycles. The first kappa shape index (κ1) is 12.8. The molecule has 1 aliphatic rings. The number of nitrogens with zero attached hydrogens (tertiary/aromatic N) is 2. The second-order valence-corrected chi connectivity index (χ2v) is 4.28. The highest BCUT2D eigenvalue weighted by atomic mass is 16.5. The summed E-state index contributed by atoms with van der Waals surface area (Å²) in [5.41, 5.74) is 1.41. The number of aromatic nitrogens is 2. The van der Waals surface area contributed by atoms with Gasteiger partial charge in [0.1, 0.15) is 5.69 Å². The van der Waals surface area contributed by atoms with Gasteiger partial charge in [0.05, 0.1) is 30.6 Å². The van der Waals surface area contributed by atoms with E-state index in [0.717, 1.165) is 5.69 Å².